The largest absolute Gasteiger partial charge is 0.479 e. The molecule has 0 radical (unpaired) electrons. The third-order valence-corrected chi connectivity index (χ3v) is 3.11. The van der Waals surface area contributed by atoms with Gasteiger partial charge in [0.25, 0.3) is 5.69 Å². The van der Waals surface area contributed by atoms with Crippen molar-refractivity contribution in [3.8, 4) is 0 Å². The molecule has 1 rings (SSSR count). The number of hydrogen-bond acceptors (Lipinski definition) is 4. The highest BCUT2D eigenvalue weighted by molar-refractivity contribution is 9.10. The van der Waals surface area contributed by atoms with Crippen LogP contribution in [-0.2, 0) is 4.79 Å². The molecule has 1 atom stereocenters. The van der Waals surface area contributed by atoms with Crippen LogP contribution in [0.1, 0.15) is 17.2 Å². The molecule has 0 aliphatic carbocycles. The zero-order valence-corrected chi connectivity index (χ0v) is 9.76. The summed E-state index contributed by atoms with van der Waals surface area (Å²) in [6.07, 6.45) is -1.92. The fourth-order valence-electron chi connectivity index (χ4n) is 1.23. The zero-order chi connectivity index (χ0) is 12.5. The maximum Gasteiger partial charge on any atom is 0.337 e. The molecule has 0 aliphatic heterocycles. The van der Waals surface area contributed by atoms with Crippen molar-refractivity contribution in [3.63, 3.8) is 0 Å². The van der Waals surface area contributed by atoms with E-state index in [4.69, 9.17) is 5.11 Å². The Kier molecular flexibility index (Phi) is 3.61. The SMILES string of the molecule is Cc1ccc([N+](=O)[O-])c(C(O)C(=O)O)c1Br. The Bertz CT molecular complexity index is 459. The van der Waals surface area contributed by atoms with Crippen molar-refractivity contribution in [2.24, 2.45) is 0 Å². The molecule has 0 saturated heterocycles. The molecule has 1 unspecified atom stereocenters. The number of carboxylic acids is 1. The third kappa shape index (κ3) is 2.20. The van der Waals surface area contributed by atoms with Gasteiger partial charge in [-0.3, -0.25) is 10.1 Å². The van der Waals surface area contributed by atoms with Gasteiger partial charge in [-0.05, 0) is 28.4 Å². The van der Waals surface area contributed by atoms with E-state index < -0.39 is 22.7 Å². The summed E-state index contributed by atoms with van der Waals surface area (Å²) in [5, 5.41) is 28.8. The minimum absolute atomic E-state index is 0.233. The first-order valence-electron chi connectivity index (χ1n) is 4.20. The number of rotatable bonds is 3. The van der Waals surface area contributed by atoms with Gasteiger partial charge in [0.1, 0.15) is 0 Å². The van der Waals surface area contributed by atoms with Crippen LogP contribution in [0.15, 0.2) is 16.6 Å². The lowest BCUT2D eigenvalue weighted by molar-refractivity contribution is -0.386. The van der Waals surface area contributed by atoms with Crippen LogP contribution in [0.3, 0.4) is 0 Å². The van der Waals surface area contributed by atoms with Crippen LogP contribution in [0.4, 0.5) is 5.69 Å². The molecule has 0 bridgehead atoms. The van der Waals surface area contributed by atoms with Crippen molar-refractivity contribution >= 4 is 27.6 Å². The molecule has 0 heterocycles. The van der Waals surface area contributed by atoms with Crippen LogP contribution in [0, 0.1) is 17.0 Å². The predicted octanol–water partition coefficient (Wildman–Crippen LogP) is 1.78. The van der Waals surface area contributed by atoms with Crippen molar-refractivity contribution < 1.29 is 19.9 Å². The number of aliphatic carboxylic acids is 1. The second-order valence-corrected chi connectivity index (χ2v) is 3.92. The van der Waals surface area contributed by atoms with Gasteiger partial charge in [-0.15, -0.1) is 0 Å². The molecule has 0 fully saturated rings. The molecular formula is C9H8BrNO5. The van der Waals surface area contributed by atoms with Gasteiger partial charge in [0.15, 0.2) is 6.10 Å². The number of benzene rings is 1. The van der Waals surface area contributed by atoms with E-state index >= 15 is 0 Å². The fraction of sp³-hybridized carbons (Fsp3) is 0.222. The summed E-state index contributed by atoms with van der Waals surface area (Å²) in [7, 11) is 0. The van der Waals surface area contributed by atoms with Crippen molar-refractivity contribution in [1.82, 2.24) is 0 Å². The molecule has 0 aromatic heterocycles. The summed E-state index contributed by atoms with van der Waals surface area (Å²) >= 11 is 3.04. The average molecular weight is 290 g/mol. The van der Waals surface area contributed by atoms with Crippen molar-refractivity contribution in [3.05, 3.63) is 37.8 Å². The first-order chi connectivity index (χ1) is 7.36. The summed E-state index contributed by atoms with van der Waals surface area (Å²) in [6, 6.07) is 2.64. The minimum Gasteiger partial charge on any atom is -0.479 e. The highest BCUT2D eigenvalue weighted by Gasteiger charge is 2.29. The summed E-state index contributed by atoms with van der Waals surface area (Å²) in [6.45, 7) is 1.64. The number of aryl methyl sites for hydroxylation is 1. The Balaban J connectivity index is 3.49. The van der Waals surface area contributed by atoms with Crippen LogP contribution < -0.4 is 0 Å². The van der Waals surface area contributed by atoms with Crippen LogP contribution in [0.5, 0.6) is 0 Å². The highest BCUT2D eigenvalue weighted by atomic mass is 79.9. The molecule has 6 nitrogen and oxygen atoms in total. The first kappa shape index (κ1) is 12.6. The number of aliphatic hydroxyl groups excluding tert-OH is 1. The molecule has 16 heavy (non-hydrogen) atoms. The normalized spacial score (nSPS) is 12.2. The van der Waals surface area contributed by atoms with E-state index in [0.717, 1.165) is 0 Å². The Labute approximate surface area is 98.8 Å². The summed E-state index contributed by atoms with van der Waals surface area (Å²) < 4.78 is 0.233. The maximum atomic E-state index is 10.7. The molecular weight excluding hydrogens is 282 g/mol. The van der Waals surface area contributed by atoms with Gasteiger partial charge in [-0.1, -0.05) is 6.07 Å². The molecule has 0 spiro atoms. The molecule has 1 aromatic carbocycles. The van der Waals surface area contributed by atoms with Crippen LogP contribution in [0.25, 0.3) is 0 Å². The molecule has 7 heteroatoms. The molecule has 0 amide bonds. The Morgan fingerprint density at radius 3 is 2.56 bits per heavy atom. The van der Waals surface area contributed by atoms with E-state index in [1.54, 1.807) is 6.92 Å². The van der Waals surface area contributed by atoms with Crippen molar-refractivity contribution in [2.45, 2.75) is 13.0 Å². The molecule has 0 aliphatic rings. The first-order valence-corrected chi connectivity index (χ1v) is 4.99. The number of nitrogens with zero attached hydrogens (tertiary/aromatic N) is 1. The number of carbonyl (C=O) groups is 1. The van der Waals surface area contributed by atoms with Gasteiger partial charge in [-0.25, -0.2) is 4.79 Å². The van der Waals surface area contributed by atoms with E-state index in [9.17, 15) is 20.0 Å². The van der Waals surface area contributed by atoms with E-state index in [1.165, 1.54) is 12.1 Å². The lowest BCUT2D eigenvalue weighted by Crippen LogP contribution is -2.13. The topological polar surface area (TPSA) is 101 Å². The fourth-order valence-corrected chi connectivity index (χ4v) is 1.79. The summed E-state index contributed by atoms with van der Waals surface area (Å²) in [5.41, 5.74) is -0.0502. The Hall–Kier alpha value is -1.47. The highest BCUT2D eigenvalue weighted by Crippen LogP contribution is 2.34. The van der Waals surface area contributed by atoms with Crippen LogP contribution in [0.2, 0.25) is 0 Å². The second-order valence-electron chi connectivity index (χ2n) is 3.13. The molecule has 1 aromatic rings. The second kappa shape index (κ2) is 4.58. The lowest BCUT2D eigenvalue weighted by atomic mass is 10.0. The third-order valence-electron chi connectivity index (χ3n) is 2.05. The van der Waals surface area contributed by atoms with Crippen molar-refractivity contribution in [1.29, 1.82) is 0 Å². The molecule has 86 valence electrons. The van der Waals surface area contributed by atoms with E-state index in [1.807, 2.05) is 0 Å². The monoisotopic (exact) mass is 289 g/mol. The van der Waals surface area contributed by atoms with Gasteiger partial charge < -0.3 is 10.2 Å². The molecule has 0 saturated carbocycles. The summed E-state index contributed by atoms with van der Waals surface area (Å²) in [4.78, 5) is 20.6. The Morgan fingerprint density at radius 2 is 2.12 bits per heavy atom. The van der Waals surface area contributed by atoms with Gasteiger partial charge in [0.2, 0.25) is 0 Å². The van der Waals surface area contributed by atoms with Crippen LogP contribution in [-0.4, -0.2) is 21.1 Å². The van der Waals surface area contributed by atoms with Crippen molar-refractivity contribution in [2.75, 3.05) is 0 Å². The Morgan fingerprint density at radius 1 is 1.56 bits per heavy atom. The smallest absolute Gasteiger partial charge is 0.337 e. The van der Waals surface area contributed by atoms with E-state index in [0.29, 0.717) is 5.56 Å². The standard InChI is InChI=1S/C9H8BrNO5/c1-4-2-3-5(11(15)16)6(7(4)10)8(12)9(13)14/h2-3,8,12H,1H3,(H,13,14). The molecule has 2 N–H and O–H groups in total. The predicted molar refractivity (Wildman–Crippen MR) is 58.1 cm³/mol. The number of hydrogen-bond donors (Lipinski definition) is 2. The minimum atomic E-state index is -1.92. The van der Waals surface area contributed by atoms with E-state index in [-0.39, 0.29) is 10.0 Å². The lowest BCUT2D eigenvalue weighted by Gasteiger charge is -2.10. The maximum absolute atomic E-state index is 10.7. The zero-order valence-electron chi connectivity index (χ0n) is 8.18. The van der Waals surface area contributed by atoms with Gasteiger partial charge in [0, 0.05) is 10.5 Å². The van der Waals surface area contributed by atoms with Crippen LogP contribution >= 0.6 is 15.9 Å². The van der Waals surface area contributed by atoms with Gasteiger partial charge >= 0.3 is 5.97 Å². The number of nitro groups is 1. The van der Waals surface area contributed by atoms with E-state index in [2.05, 4.69) is 15.9 Å². The number of aliphatic hydroxyl groups is 1. The summed E-state index contributed by atoms with van der Waals surface area (Å²) in [5.74, 6) is -1.53. The number of nitro benzene ring substituents is 1. The number of halogens is 1. The average Bonchev–Trinajstić information content (AvgIpc) is 2.20. The number of carboxylic acid groups (broad SMARTS) is 1. The van der Waals surface area contributed by atoms with Gasteiger partial charge in [-0.2, -0.15) is 0 Å². The quantitative estimate of drug-likeness (QED) is 0.652. The van der Waals surface area contributed by atoms with Gasteiger partial charge in [0.05, 0.1) is 10.5 Å².